The molecule has 3 rings (SSSR count). The minimum Gasteiger partial charge on any atom is -0.447 e. The molecule has 1 N–H and O–H groups in total. The number of aromatic nitrogens is 4. The summed E-state index contributed by atoms with van der Waals surface area (Å²) in [7, 11) is 0. The number of hydrogen-bond acceptors (Lipinski definition) is 6. The van der Waals surface area contributed by atoms with Crippen LogP contribution in [0, 0.1) is 19.8 Å². The highest BCUT2D eigenvalue weighted by Gasteiger charge is 2.27. The first-order chi connectivity index (χ1) is 12.3. The number of amides is 1. The van der Waals surface area contributed by atoms with Gasteiger partial charge in [-0.1, -0.05) is 19.8 Å². The predicted octanol–water partition coefficient (Wildman–Crippen LogP) is 1.98. The molecule has 1 amide bonds. The Bertz CT molecular complexity index is 832. The third-order valence-electron chi connectivity index (χ3n) is 4.89. The Morgan fingerprint density at radius 3 is 2.73 bits per heavy atom. The molecule has 0 unspecified atom stereocenters. The lowest BCUT2D eigenvalue weighted by molar-refractivity contribution is -0.130. The van der Waals surface area contributed by atoms with Gasteiger partial charge in [0, 0.05) is 17.4 Å². The second-order valence-electron chi connectivity index (χ2n) is 7.11. The number of esters is 1. The van der Waals surface area contributed by atoms with E-state index in [1.807, 2.05) is 19.9 Å². The zero-order valence-corrected chi connectivity index (χ0v) is 15.7. The highest BCUT2D eigenvalue weighted by Crippen LogP contribution is 2.23. The van der Waals surface area contributed by atoms with Crippen LogP contribution in [-0.4, -0.2) is 43.6 Å². The SMILES string of the molecule is Cc1cc(C)n2nc(C(=O)O[C@@H](C)C(=O)N[C@H]3CCCC[C@@H]3C)nc2n1. The molecule has 0 radical (unpaired) electrons. The fourth-order valence-corrected chi connectivity index (χ4v) is 3.35. The normalized spacial score (nSPS) is 21.4. The van der Waals surface area contributed by atoms with E-state index in [0.29, 0.717) is 11.7 Å². The van der Waals surface area contributed by atoms with Gasteiger partial charge < -0.3 is 10.1 Å². The van der Waals surface area contributed by atoms with Crippen molar-refractivity contribution in [1.29, 1.82) is 0 Å². The van der Waals surface area contributed by atoms with Crippen LogP contribution in [-0.2, 0) is 9.53 Å². The number of ether oxygens (including phenoxy) is 1. The summed E-state index contributed by atoms with van der Waals surface area (Å²) in [5, 5.41) is 7.12. The summed E-state index contributed by atoms with van der Waals surface area (Å²) < 4.78 is 6.74. The molecule has 3 atom stereocenters. The lowest BCUT2D eigenvalue weighted by Crippen LogP contribution is -2.46. The molecule has 0 aromatic carbocycles. The smallest absolute Gasteiger partial charge is 0.379 e. The molecule has 1 aliphatic carbocycles. The zero-order valence-electron chi connectivity index (χ0n) is 15.7. The Kier molecular flexibility index (Phi) is 5.20. The number of rotatable bonds is 4. The van der Waals surface area contributed by atoms with E-state index in [1.165, 1.54) is 10.9 Å². The molecule has 140 valence electrons. The van der Waals surface area contributed by atoms with Crippen molar-refractivity contribution in [3.63, 3.8) is 0 Å². The van der Waals surface area contributed by atoms with Gasteiger partial charge in [0.25, 0.3) is 17.5 Å². The van der Waals surface area contributed by atoms with Gasteiger partial charge in [-0.25, -0.2) is 14.3 Å². The first-order valence-corrected chi connectivity index (χ1v) is 9.07. The van der Waals surface area contributed by atoms with Crippen molar-refractivity contribution in [3.8, 4) is 0 Å². The van der Waals surface area contributed by atoms with Gasteiger partial charge in [-0.15, -0.1) is 5.10 Å². The van der Waals surface area contributed by atoms with Gasteiger partial charge >= 0.3 is 5.97 Å². The van der Waals surface area contributed by atoms with Crippen LogP contribution in [0.4, 0.5) is 0 Å². The van der Waals surface area contributed by atoms with Crippen molar-refractivity contribution >= 4 is 17.7 Å². The van der Waals surface area contributed by atoms with E-state index in [1.54, 1.807) is 6.92 Å². The van der Waals surface area contributed by atoms with Crippen LogP contribution in [0.25, 0.3) is 5.78 Å². The summed E-state index contributed by atoms with van der Waals surface area (Å²) in [6, 6.07) is 1.98. The zero-order chi connectivity index (χ0) is 18.8. The minimum atomic E-state index is -0.904. The average Bonchev–Trinajstić information content (AvgIpc) is 3.01. The summed E-state index contributed by atoms with van der Waals surface area (Å²) in [6.07, 6.45) is 3.48. The molecule has 26 heavy (non-hydrogen) atoms. The van der Waals surface area contributed by atoms with E-state index >= 15 is 0 Å². The third-order valence-corrected chi connectivity index (χ3v) is 4.89. The van der Waals surface area contributed by atoms with Gasteiger partial charge in [0.1, 0.15) is 0 Å². The number of carbonyl (C=O) groups excluding carboxylic acids is 2. The van der Waals surface area contributed by atoms with Crippen LogP contribution in [0.15, 0.2) is 6.07 Å². The van der Waals surface area contributed by atoms with Gasteiger partial charge in [0.15, 0.2) is 6.10 Å². The first kappa shape index (κ1) is 18.3. The van der Waals surface area contributed by atoms with Crippen molar-refractivity contribution in [1.82, 2.24) is 24.9 Å². The van der Waals surface area contributed by atoms with Gasteiger partial charge in [-0.2, -0.15) is 4.98 Å². The lowest BCUT2D eigenvalue weighted by atomic mass is 9.86. The second kappa shape index (κ2) is 7.39. The van der Waals surface area contributed by atoms with Crippen molar-refractivity contribution in [2.45, 2.75) is 65.5 Å². The van der Waals surface area contributed by atoms with Gasteiger partial charge in [-0.3, -0.25) is 4.79 Å². The Hall–Kier alpha value is -2.51. The Morgan fingerprint density at radius 1 is 1.27 bits per heavy atom. The third kappa shape index (κ3) is 3.84. The molecule has 1 saturated carbocycles. The molecule has 2 heterocycles. The summed E-state index contributed by atoms with van der Waals surface area (Å²) >= 11 is 0. The number of carbonyl (C=O) groups is 2. The molecule has 2 aromatic rings. The maximum Gasteiger partial charge on any atom is 0.379 e. The van der Waals surface area contributed by atoms with E-state index in [9.17, 15) is 9.59 Å². The van der Waals surface area contributed by atoms with Crippen LogP contribution in [0.5, 0.6) is 0 Å². The maximum atomic E-state index is 12.3. The molecule has 8 heteroatoms. The quantitative estimate of drug-likeness (QED) is 0.838. The van der Waals surface area contributed by atoms with Gasteiger partial charge in [0.2, 0.25) is 0 Å². The molecule has 2 aromatic heterocycles. The molecular formula is C18H25N5O3. The first-order valence-electron chi connectivity index (χ1n) is 9.07. The van der Waals surface area contributed by atoms with Crippen LogP contribution < -0.4 is 5.32 Å². The van der Waals surface area contributed by atoms with Gasteiger partial charge in [0.05, 0.1) is 0 Å². The number of nitrogens with zero attached hydrogens (tertiary/aromatic N) is 4. The van der Waals surface area contributed by atoms with E-state index in [4.69, 9.17) is 4.74 Å². The van der Waals surface area contributed by atoms with Crippen molar-refractivity contribution in [2.24, 2.45) is 5.92 Å². The standard InChI is InChI=1S/C18H25N5O3/c1-10-7-5-6-8-14(10)20-16(24)13(4)26-17(25)15-21-18-19-11(2)9-12(3)23(18)22-15/h9-10,13-14H,5-8H2,1-4H3,(H,20,24)/t10-,13-,14-/m0/s1. The number of nitrogens with one attached hydrogen (secondary N) is 1. The van der Waals surface area contributed by atoms with Crippen LogP contribution >= 0.6 is 0 Å². The van der Waals surface area contributed by atoms with E-state index in [-0.39, 0.29) is 17.8 Å². The molecule has 0 saturated heterocycles. The molecule has 0 spiro atoms. The van der Waals surface area contributed by atoms with Crippen LogP contribution in [0.1, 0.15) is 61.5 Å². The highest BCUT2D eigenvalue weighted by atomic mass is 16.5. The van der Waals surface area contributed by atoms with Crippen LogP contribution in [0.3, 0.4) is 0 Å². The fourth-order valence-electron chi connectivity index (χ4n) is 3.35. The van der Waals surface area contributed by atoms with Gasteiger partial charge in [-0.05, 0) is 45.6 Å². The van der Waals surface area contributed by atoms with E-state index in [0.717, 1.165) is 30.7 Å². The second-order valence-corrected chi connectivity index (χ2v) is 7.11. The Morgan fingerprint density at radius 2 is 2.00 bits per heavy atom. The molecule has 0 bridgehead atoms. The summed E-state index contributed by atoms with van der Waals surface area (Å²) in [6.45, 7) is 7.40. The molecule has 8 nitrogen and oxygen atoms in total. The summed E-state index contributed by atoms with van der Waals surface area (Å²) in [5.41, 5.74) is 1.60. The molecule has 0 aliphatic heterocycles. The number of hydrogen-bond donors (Lipinski definition) is 1. The molecule has 1 fully saturated rings. The molecular weight excluding hydrogens is 334 g/mol. The monoisotopic (exact) mass is 359 g/mol. The lowest BCUT2D eigenvalue weighted by Gasteiger charge is -2.30. The maximum absolute atomic E-state index is 12.3. The Balaban J connectivity index is 1.65. The van der Waals surface area contributed by atoms with Crippen molar-refractivity contribution < 1.29 is 14.3 Å². The largest absolute Gasteiger partial charge is 0.447 e. The average molecular weight is 359 g/mol. The van der Waals surface area contributed by atoms with E-state index < -0.39 is 12.1 Å². The predicted molar refractivity (Wildman–Crippen MR) is 94.7 cm³/mol. The number of aryl methyl sites for hydroxylation is 2. The summed E-state index contributed by atoms with van der Waals surface area (Å²) in [5.74, 6) is -0.342. The Labute approximate surface area is 152 Å². The topological polar surface area (TPSA) is 98.5 Å². The van der Waals surface area contributed by atoms with Crippen molar-refractivity contribution in [2.75, 3.05) is 0 Å². The van der Waals surface area contributed by atoms with E-state index in [2.05, 4.69) is 27.3 Å². The minimum absolute atomic E-state index is 0.100. The number of fused-ring (bicyclic) bond motifs is 1. The summed E-state index contributed by atoms with van der Waals surface area (Å²) in [4.78, 5) is 33.0. The highest BCUT2D eigenvalue weighted by molar-refractivity contribution is 5.89. The van der Waals surface area contributed by atoms with Crippen molar-refractivity contribution in [3.05, 3.63) is 23.3 Å². The fraction of sp³-hybridized carbons (Fsp3) is 0.611. The van der Waals surface area contributed by atoms with Crippen LogP contribution in [0.2, 0.25) is 0 Å². The molecule has 1 aliphatic rings.